The Morgan fingerprint density at radius 3 is 2.52 bits per heavy atom. The van der Waals surface area contributed by atoms with Gasteiger partial charge in [-0.05, 0) is 36.8 Å². The molecule has 0 saturated heterocycles. The molecule has 0 aliphatic heterocycles. The molecule has 0 fully saturated rings. The molecule has 128 valence electrons. The average Bonchev–Trinajstić information content (AvgIpc) is 3.10. The Bertz CT molecular complexity index is 849. The van der Waals surface area contributed by atoms with Crippen molar-refractivity contribution in [3.05, 3.63) is 76.3 Å². The Kier molecular flexibility index (Phi) is 5.36. The van der Waals surface area contributed by atoms with Crippen molar-refractivity contribution >= 4 is 39.7 Å². The first-order valence-electron chi connectivity index (χ1n) is 7.80. The minimum absolute atomic E-state index is 0.574. The minimum Gasteiger partial charge on any atom is -0.481 e. The highest BCUT2D eigenvalue weighted by Crippen LogP contribution is 2.34. The lowest BCUT2D eigenvalue weighted by Gasteiger charge is -2.22. The maximum Gasteiger partial charge on any atom is 0.311 e. The molecule has 0 aliphatic carbocycles. The van der Waals surface area contributed by atoms with Crippen molar-refractivity contribution in [2.45, 2.75) is 19.4 Å². The van der Waals surface area contributed by atoms with E-state index in [1.54, 1.807) is 13.1 Å². The molecule has 0 bridgehead atoms. The van der Waals surface area contributed by atoms with Crippen LogP contribution in [-0.4, -0.2) is 16.1 Å². The fourth-order valence-corrected chi connectivity index (χ4v) is 3.49. The highest BCUT2D eigenvalue weighted by atomic mass is 35.5. The average molecular weight is 373 g/mol. The van der Waals surface area contributed by atoms with Gasteiger partial charge < -0.3 is 10.0 Å². The fraction of sp³-hybridized carbons (Fsp3) is 0.158. The molecule has 1 atom stereocenters. The van der Waals surface area contributed by atoms with Gasteiger partial charge in [-0.15, -0.1) is 11.3 Å². The van der Waals surface area contributed by atoms with E-state index in [2.05, 4.69) is 22.0 Å². The van der Waals surface area contributed by atoms with Crippen LogP contribution in [0.3, 0.4) is 0 Å². The third kappa shape index (κ3) is 4.18. The number of thiazole rings is 1. The van der Waals surface area contributed by atoms with Crippen LogP contribution in [0.1, 0.15) is 23.3 Å². The van der Waals surface area contributed by atoms with E-state index in [0.717, 1.165) is 21.3 Å². The summed E-state index contributed by atoms with van der Waals surface area (Å²) in [7, 11) is 0. The van der Waals surface area contributed by atoms with Gasteiger partial charge in [0, 0.05) is 21.8 Å². The van der Waals surface area contributed by atoms with Crippen molar-refractivity contribution in [3.8, 4) is 0 Å². The highest BCUT2D eigenvalue weighted by molar-refractivity contribution is 7.15. The lowest BCUT2D eigenvalue weighted by atomic mass is 10.2. The van der Waals surface area contributed by atoms with Crippen LogP contribution in [-0.2, 0) is 11.3 Å². The molecule has 3 rings (SSSR count). The third-order valence-corrected chi connectivity index (χ3v) is 5.32. The molecule has 1 heterocycles. The second-order valence-corrected chi connectivity index (χ2v) is 7.13. The number of hydrogen-bond donors (Lipinski definition) is 1. The van der Waals surface area contributed by atoms with Gasteiger partial charge in [-0.25, -0.2) is 4.98 Å². The molecule has 0 radical (unpaired) electrons. The Balaban J connectivity index is 1.96. The van der Waals surface area contributed by atoms with Gasteiger partial charge in [-0.1, -0.05) is 41.9 Å². The van der Waals surface area contributed by atoms with Crippen LogP contribution in [0.5, 0.6) is 0 Å². The fourth-order valence-electron chi connectivity index (χ4n) is 2.38. The summed E-state index contributed by atoms with van der Waals surface area (Å²) in [4.78, 5) is 18.5. The molecule has 1 N–H and O–H groups in total. The second kappa shape index (κ2) is 7.68. The molecule has 0 saturated carbocycles. The summed E-state index contributed by atoms with van der Waals surface area (Å²) in [5, 5.41) is 10.6. The summed E-state index contributed by atoms with van der Waals surface area (Å²) in [6, 6.07) is 17.6. The SMILES string of the molecule is CC(C(=O)O)c1cnc(N(Cc2ccccc2)c2ccc(Cl)cc2)s1. The van der Waals surface area contributed by atoms with E-state index < -0.39 is 11.9 Å². The van der Waals surface area contributed by atoms with Crippen LogP contribution in [0.4, 0.5) is 10.8 Å². The van der Waals surface area contributed by atoms with E-state index in [1.807, 2.05) is 42.5 Å². The normalized spacial score (nSPS) is 11.9. The zero-order valence-electron chi connectivity index (χ0n) is 13.6. The Morgan fingerprint density at radius 2 is 1.88 bits per heavy atom. The molecule has 25 heavy (non-hydrogen) atoms. The van der Waals surface area contributed by atoms with E-state index in [4.69, 9.17) is 11.6 Å². The maximum atomic E-state index is 11.2. The summed E-state index contributed by atoms with van der Waals surface area (Å²) in [5.74, 6) is -1.42. The number of aliphatic carboxylic acids is 1. The number of carbonyl (C=O) groups is 1. The van der Waals surface area contributed by atoms with Gasteiger partial charge in [0.05, 0.1) is 12.5 Å². The Morgan fingerprint density at radius 1 is 1.20 bits per heavy atom. The van der Waals surface area contributed by atoms with E-state index in [1.165, 1.54) is 11.3 Å². The lowest BCUT2D eigenvalue weighted by Crippen LogP contribution is -2.16. The van der Waals surface area contributed by atoms with Crippen LogP contribution < -0.4 is 4.90 Å². The van der Waals surface area contributed by atoms with Gasteiger partial charge in [-0.2, -0.15) is 0 Å². The van der Waals surface area contributed by atoms with E-state index in [-0.39, 0.29) is 0 Å². The van der Waals surface area contributed by atoms with Crippen LogP contribution in [0.15, 0.2) is 60.8 Å². The van der Waals surface area contributed by atoms with Crippen molar-refractivity contribution in [1.82, 2.24) is 4.98 Å². The first-order chi connectivity index (χ1) is 12.0. The molecule has 6 heteroatoms. The monoisotopic (exact) mass is 372 g/mol. The third-order valence-electron chi connectivity index (χ3n) is 3.86. The first-order valence-corrected chi connectivity index (χ1v) is 8.99. The summed E-state index contributed by atoms with van der Waals surface area (Å²) >= 11 is 7.40. The number of benzene rings is 2. The minimum atomic E-state index is -0.851. The quantitative estimate of drug-likeness (QED) is 0.636. The number of carboxylic acids is 1. The molecule has 0 aliphatic rings. The maximum absolute atomic E-state index is 11.2. The van der Waals surface area contributed by atoms with E-state index in [9.17, 15) is 9.90 Å². The number of rotatable bonds is 6. The van der Waals surface area contributed by atoms with Crippen LogP contribution >= 0.6 is 22.9 Å². The highest BCUT2D eigenvalue weighted by Gasteiger charge is 2.20. The molecule has 2 aromatic carbocycles. The van der Waals surface area contributed by atoms with Crippen molar-refractivity contribution in [2.75, 3.05) is 4.90 Å². The molecule has 3 aromatic rings. The van der Waals surface area contributed by atoms with Crippen molar-refractivity contribution in [2.24, 2.45) is 0 Å². The van der Waals surface area contributed by atoms with E-state index >= 15 is 0 Å². The number of aromatic nitrogens is 1. The van der Waals surface area contributed by atoms with Crippen LogP contribution in [0, 0.1) is 0 Å². The zero-order valence-corrected chi connectivity index (χ0v) is 15.2. The molecule has 1 aromatic heterocycles. The molecule has 4 nitrogen and oxygen atoms in total. The number of halogens is 1. The molecular formula is C19H17ClN2O2S. The van der Waals surface area contributed by atoms with Gasteiger partial charge in [0.2, 0.25) is 0 Å². The van der Waals surface area contributed by atoms with Gasteiger partial charge >= 0.3 is 5.97 Å². The van der Waals surface area contributed by atoms with Crippen molar-refractivity contribution in [3.63, 3.8) is 0 Å². The lowest BCUT2D eigenvalue weighted by molar-refractivity contribution is -0.138. The Labute approximate surface area is 155 Å². The number of carboxylic acid groups (broad SMARTS) is 1. The number of hydrogen-bond acceptors (Lipinski definition) is 4. The van der Waals surface area contributed by atoms with Crippen LogP contribution in [0.2, 0.25) is 5.02 Å². The van der Waals surface area contributed by atoms with Gasteiger partial charge in [0.25, 0.3) is 0 Å². The summed E-state index contributed by atoms with van der Waals surface area (Å²) < 4.78 is 0. The topological polar surface area (TPSA) is 53.4 Å². The zero-order chi connectivity index (χ0) is 17.8. The number of nitrogens with zero attached hydrogens (tertiary/aromatic N) is 2. The molecular weight excluding hydrogens is 356 g/mol. The smallest absolute Gasteiger partial charge is 0.311 e. The first kappa shape index (κ1) is 17.5. The standard InChI is InChI=1S/C19H17ClN2O2S/c1-13(18(23)24)17-11-21-19(25-17)22(12-14-5-3-2-4-6-14)16-9-7-15(20)8-10-16/h2-11,13H,12H2,1H3,(H,23,24). The number of anilines is 2. The molecule has 0 spiro atoms. The van der Waals surface area contributed by atoms with Gasteiger partial charge in [-0.3, -0.25) is 4.79 Å². The predicted octanol–water partition coefficient (Wildman–Crippen LogP) is 5.32. The van der Waals surface area contributed by atoms with Crippen molar-refractivity contribution < 1.29 is 9.90 Å². The molecule has 1 unspecified atom stereocenters. The summed E-state index contributed by atoms with van der Waals surface area (Å²) in [6.45, 7) is 2.31. The van der Waals surface area contributed by atoms with Crippen LogP contribution in [0.25, 0.3) is 0 Å². The Hall–Kier alpha value is -2.37. The summed E-state index contributed by atoms with van der Waals surface area (Å²) in [6.07, 6.45) is 1.65. The largest absolute Gasteiger partial charge is 0.481 e. The molecule has 0 amide bonds. The van der Waals surface area contributed by atoms with Gasteiger partial charge in [0.1, 0.15) is 0 Å². The van der Waals surface area contributed by atoms with E-state index in [0.29, 0.717) is 11.6 Å². The second-order valence-electron chi connectivity index (χ2n) is 5.65. The van der Waals surface area contributed by atoms with Crippen molar-refractivity contribution in [1.29, 1.82) is 0 Å². The summed E-state index contributed by atoms with van der Waals surface area (Å²) in [5.41, 5.74) is 2.10. The predicted molar refractivity (Wildman–Crippen MR) is 102 cm³/mol. The van der Waals surface area contributed by atoms with Gasteiger partial charge in [0.15, 0.2) is 5.13 Å².